The molecule has 2 atom stereocenters. The summed E-state index contributed by atoms with van der Waals surface area (Å²) in [5, 5.41) is 4.02. The number of pyridine rings is 2. The monoisotopic (exact) mass is 504 g/mol. The minimum absolute atomic E-state index is 0.185. The average molecular weight is 505 g/mol. The normalized spacial score (nSPS) is 17.9. The van der Waals surface area contributed by atoms with E-state index in [1.54, 1.807) is 24.5 Å². The molecule has 0 bridgehead atoms. The first-order chi connectivity index (χ1) is 16.9. The van der Waals surface area contributed by atoms with Crippen molar-refractivity contribution in [3.05, 3.63) is 108 Å². The van der Waals surface area contributed by atoms with E-state index in [-0.39, 0.29) is 12.1 Å². The van der Waals surface area contributed by atoms with Gasteiger partial charge in [0.25, 0.3) is 0 Å². The van der Waals surface area contributed by atoms with Crippen LogP contribution < -0.4 is 14.9 Å². The van der Waals surface area contributed by atoms with Crippen molar-refractivity contribution in [3.8, 4) is 0 Å². The molecule has 1 aliphatic rings. The Bertz CT molecular complexity index is 1420. The smallest absolute Gasteiger partial charge is 0.229 e. The molecular weight excluding hydrogens is 480 g/mol. The molecule has 2 N–H and O–H groups in total. The summed E-state index contributed by atoms with van der Waals surface area (Å²) in [6, 6.07) is 22.7. The first-order valence-electron chi connectivity index (χ1n) is 11.0. The molecule has 0 radical (unpaired) electrons. The number of thiocarbonyl (C=S) groups is 1. The summed E-state index contributed by atoms with van der Waals surface area (Å²) in [5.41, 5.74) is 4.22. The lowest BCUT2D eigenvalue weighted by Crippen LogP contribution is -2.30. The van der Waals surface area contributed by atoms with Gasteiger partial charge in [-0.05, 0) is 72.9 Å². The maximum atomic E-state index is 11.6. The van der Waals surface area contributed by atoms with E-state index in [0.29, 0.717) is 17.3 Å². The third kappa shape index (κ3) is 5.03. The molecule has 0 unspecified atom stereocenters. The number of benzene rings is 1. The first kappa shape index (κ1) is 23.0. The van der Waals surface area contributed by atoms with Crippen LogP contribution in [-0.2, 0) is 16.6 Å². The zero-order valence-corrected chi connectivity index (χ0v) is 20.6. The Hall–Kier alpha value is -3.76. The Labute approximate surface area is 209 Å². The van der Waals surface area contributed by atoms with Crippen LogP contribution in [0.15, 0.2) is 91.4 Å². The molecule has 4 aromatic rings. The zero-order valence-electron chi connectivity index (χ0n) is 18.9. The van der Waals surface area contributed by atoms with Crippen LogP contribution in [0.4, 0.5) is 11.4 Å². The van der Waals surface area contributed by atoms with Crippen molar-refractivity contribution in [3.63, 3.8) is 0 Å². The Morgan fingerprint density at radius 2 is 1.71 bits per heavy atom. The summed E-state index contributed by atoms with van der Waals surface area (Å²) in [6.07, 6.45) is 6.74. The average Bonchev–Trinajstić information content (AvgIpc) is 3.43. The van der Waals surface area contributed by atoms with Crippen molar-refractivity contribution in [1.82, 2.24) is 19.9 Å². The SMILES string of the molecule is CS(=O)(=O)Nc1ccc(N2C(=S)N[C@@H](c3ccccn3)[C@H]2c2cccn2Cc2ccccn2)cc1. The molecule has 10 heteroatoms. The standard InChI is InChI=1S/C25H24N6O2S2/c1-35(32,33)29-18-10-12-20(13-11-18)31-24(23(28-25(31)34)21-8-3-5-15-27-21)22-9-6-16-30(22)17-19-7-2-4-14-26-19/h2-16,23-24,29H,17H2,1H3,(H,28,34)/t23-,24+/m0/s1. The van der Waals surface area contributed by atoms with E-state index in [2.05, 4.69) is 35.5 Å². The maximum absolute atomic E-state index is 11.6. The number of hydrogen-bond donors (Lipinski definition) is 2. The highest BCUT2D eigenvalue weighted by molar-refractivity contribution is 7.92. The predicted octanol–water partition coefficient (Wildman–Crippen LogP) is 3.88. The molecule has 5 rings (SSSR count). The third-order valence-electron chi connectivity index (χ3n) is 5.77. The van der Waals surface area contributed by atoms with E-state index >= 15 is 0 Å². The van der Waals surface area contributed by atoms with Gasteiger partial charge in [0.2, 0.25) is 10.0 Å². The number of sulfonamides is 1. The Morgan fingerprint density at radius 3 is 2.37 bits per heavy atom. The van der Waals surface area contributed by atoms with Crippen LogP contribution in [0.3, 0.4) is 0 Å². The Balaban J connectivity index is 1.55. The number of aromatic nitrogens is 3. The first-order valence-corrected chi connectivity index (χ1v) is 13.3. The molecule has 8 nitrogen and oxygen atoms in total. The van der Waals surface area contributed by atoms with Crippen molar-refractivity contribution >= 4 is 38.7 Å². The van der Waals surface area contributed by atoms with Gasteiger partial charge in [0.15, 0.2) is 5.11 Å². The van der Waals surface area contributed by atoms with E-state index in [1.165, 1.54) is 0 Å². The van der Waals surface area contributed by atoms with Crippen LogP contribution in [0.5, 0.6) is 0 Å². The van der Waals surface area contributed by atoms with Gasteiger partial charge in [-0.25, -0.2) is 8.42 Å². The van der Waals surface area contributed by atoms with Crippen LogP contribution in [0.2, 0.25) is 0 Å². The molecule has 35 heavy (non-hydrogen) atoms. The van der Waals surface area contributed by atoms with E-state index in [4.69, 9.17) is 12.2 Å². The summed E-state index contributed by atoms with van der Waals surface area (Å²) in [5.74, 6) is 0. The van der Waals surface area contributed by atoms with Crippen LogP contribution in [-0.4, -0.2) is 34.3 Å². The fourth-order valence-corrected chi connectivity index (χ4v) is 5.25. The van der Waals surface area contributed by atoms with Crippen molar-refractivity contribution in [2.24, 2.45) is 0 Å². The number of nitrogens with zero attached hydrogens (tertiary/aromatic N) is 4. The molecule has 178 valence electrons. The fourth-order valence-electron chi connectivity index (χ4n) is 4.34. The molecule has 4 heterocycles. The number of rotatable bonds is 7. The van der Waals surface area contributed by atoms with Crippen molar-refractivity contribution in [2.75, 3.05) is 15.9 Å². The van der Waals surface area contributed by atoms with Gasteiger partial charge in [-0.3, -0.25) is 14.7 Å². The van der Waals surface area contributed by atoms with Gasteiger partial charge in [-0.15, -0.1) is 0 Å². The molecule has 1 fully saturated rings. The highest BCUT2D eigenvalue weighted by Gasteiger charge is 2.42. The van der Waals surface area contributed by atoms with Gasteiger partial charge >= 0.3 is 0 Å². The van der Waals surface area contributed by atoms with Gasteiger partial charge in [0.1, 0.15) is 6.04 Å². The summed E-state index contributed by atoms with van der Waals surface area (Å²) < 4.78 is 27.9. The van der Waals surface area contributed by atoms with Gasteiger partial charge in [-0.1, -0.05) is 12.1 Å². The van der Waals surface area contributed by atoms with E-state index in [1.807, 2.05) is 60.8 Å². The van der Waals surface area contributed by atoms with Crippen LogP contribution in [0, 0.1) is 0 Å². The Kier molecular flexibility index (Phi) is 6.23. The summed E-state index contributed by atoms with van der Waals surface area (Å²) >= 11 is 5.80. The van der Waals surface area contributed by atoms with Gasteiger partial charge in [-0.2, -0.15) is 0 Å². The van der Waals surface area contributed by atoms with Crippen molar-refractivity contribution in [1.29, 1.82) is 0 Å². The molecule has 0 spiro atoms. The molecule has 1 aromatic carbocycles. The highest BCUT2D eigenvalue weighted by Crippen LogP contribution is 2.42. The quantitative estimate of drug-likeness (QED) is 0.369. The lowest BCUT2D eigenvalue weighted by Gasteiger charge is -2.29. The molecule has 0 amide bonds. The summed E-state index contributed by atoms with van der Waals surface area (Å²) in [7, 11) is -3.37. The minimum Gasteiger partial charge on any atom is -0.351 e. The lowest BCUT2D eigenvalue weighted by molar-refractivity contribution is 0.532. The summed E-state index contributed by atoms with van der Waals surface area (Å²) in [6.45, 7) is 0.617. The molecule has 1 saturated heterocycles. The van der Waals surface area contributed by atoms with Crippen LogP contribution in [0.25, 0.3) is 0 Å². The van der Waals surface area contributed by atoms with Gasteiger partial charge in [0.05, 0.1) is 30.2 Å². The van der Waals surface area contributed by atoms with E-state index < -0.39 is 10.0 Å². The predicted molar refractivity (Wildman–Crippen MR) is 141 cm³/mol. The second-order valence-corrected chi connectivity index (χ2v) is 10.4. The highest BCUT2D eigenvalue weighted by atomic mass is 32.2. The fraction of sp³-hybridized carbons (Fsp3) is 0.160. The van der Waals surface area contributed by atoms with Crippen LogP contribution in [0.1, 0.15) is 29.2 Å². The second-order valence-electron chi connectivity index (χ2n) is 8.30. The molecule has 1 aliphatic heterocycles. The van der Waals surface area contributed by atoms with Gasteiger partial charge < -0.3 is 14.8 Å². The van der Waals surface area contributed by atoms with E-state index in [9.17, 15) is 8.42 Å². The van der Waals surface area contributed by atoms with Gasteiger partial charge in [0, 0.05) is 35.7 Å². The largest absolute Gasteiger partial charge is 0.351 e. The number of hydrogen-bond acceptors (Lipinski definition) is 5. The summed E-state index contributed by atoms with van der Waals surface area (Å²) in [4.78, 5) is 11.1. The number of anilines is 2. The van der Waals surface area contributed by atoms with Crippen molar-refractivity contribution in [2.45, 2.75) is 18.6 Å². The molecule has 0 saturated carbocycles. The lowest BCUT2D eigenvalue weighted by atomic mass is 10.0. The van der Waals surface area contributed by atoms with E-state index in [0.717, 1.165) is 29.0 Å². The minimum atomic E-state index is -3.37. The maximum Gasteiger partial charge on any atom is 0.229 e. The van der Waals surface area contributed by atoms with Crippen LogP contribution >= 0.6 is 12.2 Å². The topological polar surface area (TPSA) is 92.2 Å². The molecule has 3 aromatic heterocycles. The second kappa shape index (κ2) is 9.47. The molecule has 0 aliphatic carbocycles. The zero-order chi connectivity index (χ0) is 24.4. The number of nitrogens with one attached hydrogen (secondary N) is 2. The van der Waals surface area contributed by atoms with Crippen molar-refractivity contribution < 1.29 is 8.42 Å². The third-order valence-corrected chi connectivity index (χ3v) is 6.69. The molecular formula is C25H24N6O2S2. The Morgan fingerprint density at radius 1 is 0.971 bits per heavy atom.